The molecule has 1 saturated heterocycles. The molecule has 0 aliphatic carbocycles. The Kier molecular flexibility index (Phi) is 6.26. The molecule has 0 radical (unpaired) electrons. The van der Waals surface area contributed by atoms with Gasteiger partial charge in [-0.1, -0.05) is 26.7 Å². The highest BCUT2D eigenvalue weighted by molar-refractivity contribution is 4.73. The Morgan fingerprint density at radius 2 is 2.00 bits per heavy atom. The number of rotatable bonds is 6. The van der Waals surface area contributed by atoms with E-state index in [1.807, 2.05) is 0 Å². The predicted molar refractivity (Wildman–Crippen MR) is 66.9 cm³/mol. The van der Waals surface area contributed by atoms with Crippen molar-refractivity contribution in [3.63, 3.8) is 0 Å². The number of hydrogen-bond acceptors (Lipinski definition) is 2. The van der Waals surface area contributed by atoms with Gasteiger partial charge in [0.05, 0.1) is 0 Å². The Morgan fingerprint density at radius 3 is 2.53 bits per heavy atom. The standard InChI is InChI=1S/C13H28N2/c1-3-4-13-6-9-15(10-7-13)11-12(2)5-8-14/h12-13H,3-11,14H2,1-2H3. The second kappa shape index (κ2) is 7.24. The van der Waals surface area contributed by atoms with Crippen LogP contribution in [0.1, 0.15) is 46.0 Å². The van der Waals surface area contributed by atoms with Gasteiger partial charge in [-0.05, 0) is 50.7 Å². The molecule has 1 fully saturated rings. The van der Waals surface area contributed by atoms with Gasteiger partial charge < -0.3 is 10.6 Å². The molecule has 1 rings (SSSR count). The minimum absolute atomic E-state index is 0.776. The number of nitrogens with two attached hydrogens (primary N) is 1. The van der Waals surface area contributed by atoms with E-state index in [9.17, 15) is 0 Å². The zero-order valence-corrected chi connectivity index (χ0v) is 10.5. The summed E-state index contributed by atoms with van der Waals surface area (Å²) in [6.45, 7) is 9.36. The molecular weight excluding hydrogens is 184 g/mol. The van der Waals surface area contributed by atoms with Gasteiger partial charge in [0.2, 0.25) is 0 Å². The molecule has 0 bridgehead atoms. The molecule has 1 atom stereocenters. The van der Waals surface area contributed by atoms with Gasteiger partial charge in [-0.3, -0.25) is 0 Å². The maximum atomic E-state index is 5.58. The third-order valence-corrected chi connectivity index (χ3v) is 3.63. The molecule has 0 aromatic carbocycles. The summed E-state index contributed by atoms with van der Waals surface area (Å²) in [5.41, 5.74) is 5.58. The highest BCUT2D eigenvalue weighted by Gasteiger charge is 2.19. The normalized spacial score (nSPS) is 21.8. The molecule has 15 heavy (non-hydrogen) atoms. The quantitative estimate of drug-likeness (QED) is 0.733. The third kappa shape index (κ3) is 4.98. The fourth-order valence-corrected chi connectivity index (χ4v) is 2.68. The van der Waals surface area contributed by atoms with Crippen LogP contribution in [0, 0.1) is 11.8 Å². The minimum Gasteiger partial charge on any atom is -0.330 e. The van der Waals surface area contributed by atoms with E-state index in [-0.39, 0.29) is 0 Å². The van der Waals surface area contributed by atoms with Crippen molar-refractivity contribution < 1.29 is 0 Å². The number of nitrogens with zero attached hydrogens (tertiary/aromatic N) is 1. The molecule has 1 aliphatic rings. The number of hydrogen-bond donors (Lipinski definition) is 1. The van der Waals surface area contributed by atoms with E-state index in [4.69, 9.17) is 5.73 Å². The lowest BCUT2D eigenvalue weighted by Crippen LogP contribution is -2.36. The van der Waals surface area contributed by atoms with Gasteiger partial charge in [0, 0.05) is 6.54 Å². The predicted octanol–water partition coefficient (Wildman–Crippen LogP) is 2.48. The van der Waals surface area contributed by atoms with Crippen LogP contribution >= 0.6 is 0 Å². The average Bonchev–Trinajstić information content (AvgIpc) is 2.22. The largest absolute Gasteiger partial charge is 0.330 e. The minimum atomic E-state index is 0.776. The van der Waals surface area contributed by atoms with Crippen LogP contribution in [0.3, 0.4) is 0 Å². The summed E-state index contributed by atoms with van der Waals surface area (Å²) in [5.74, 6) is 1.79. The van der Waals surface area contributed by atoms with Crippen LogP contribution in [-0.4, -0.2) is 31.1 Å². The fraction of sp³-hybridized carbons (Fsp3) is 1.00. The summed E-state index contributed by atoms with van der Waals surface area (Å²) in [5, 5.41) is 0. The molecule has 2 nitrogen and oxygen atoms in total. The monoisotopic (exact) mass is 212 g/mol. The van der Waals surface area contributed by atoms with Crippen molar-refractivity contribution in [2.75, 3.05) is 26.2 Å². The topological polar surface area (TPSA) is 29.3 Å². The molecule has 2 N–H and O–H groups in total. The first-order valence-electron chi connectivity index (χ1n) is 6.68. The SMILES string of the molecule is CCCC1CCN(CC(C)CCN)CC1. The van der Waals surface area contributed by atoms with Crippen molar-refractivity contribution in [3.05, 3.63) is 0 Å². The van der Waals surface area contributed by atoms with Crippen LogP contribution in [0.2, 0.25) is 0 Å². The summed E-state index contributed by atoms with van der Waals surface area (Å²) in [6, 6.07) is 0. The van der Waals surface area contributed by atoms with Crippen molar-refractivity contribution in [1.82, 2.24) is 4.90 Å². The molecule has 90 valence electrons. The van der Waals surface area contributed by atoms with Crippen LogP contribution in [0.5, 0.6) is 0 Å². The number of piperidine rings is 1. The van der Waals surface area contributed by atoms with Crippen molar-refractivity contribution >= 4 is 0 Å². The summed E-state index contributed by atoms with van der Waals surface area (Å²) >= 11 is 0. The van der Waals surface area contributed by atoms with Gasteiger partial charge in [-0.15, -0.1) is 0 Å². The van der Waals surface area contributed by atoms with Gasteiger partial charge in [0.1, 0.15) is 0 Å². The lowest BCUT2D eigenvalue weighted by molar-refractivity contribution is 0.157. The van der Waals surface area contributed by atoms with E-state index in [2.05, 4.69) is 18.7 Å². The van der Waals surface area contributed by atoms with Crippen LogP contribution in [-0.2, 0) is 0 Å². The molecule has 1 unspecified atom stereocenters. The van der Waals surface area contributed by atoms with Crippen molar-refractivity contribution in [2.45, 2.75) is 46.0 Å². The second-order valence-corrected chi connectivity index (χ2v) is 5.22. The molecular formula is C13H28N2. The lowest BCUT2D eigenvalue weighted by atomic mass is 9.92. The first kappa shape index (κ1) is 13.0. The Morgan fingerprint density at radius 1 is 1.33 bits per heavy atom. The van der Waals surface area contributed by atoms with Crippen LogP contribution < -0.4 is 5.73 Å². The van der Waals surface area contributed by atoms with E-state index < -0.39 is 0 Å². The summed E-state index contributed by atoms with van der Waals surface area (Å²) in [7, 11) is 0. The molecule has 1 heterocycles. The molecule has 1 aliphatic heterocycles. The van der Waals surface area contributed by atoms with Crippen LogP contribution in [0.25, 0.3) is 0 Å². The van der Waals surface area contributed by atoms with E-state index in [0.29, 0.717) is 0 Å². The van der Waals surface area contributed by atoms with Crippen LogP contribution in [0.15, 0.2) is 0 Å². The summed E-state index contributed by atoms with van der Waals surface area (Å²) in [4.78, 5) is 2.63. The van der Waals surface area contributed by atoms with Crippen molar-refractivity contribution in [2.24, 2.45) is 17.6 Å². The van der Waals surface area contributed by atoms with E-state index in [0.717, 1.165) is 18.4 Å². The molecule has 2 heteroatoms. The van der Waals surface area contributed by atoms with Gasteiger partial charge in [0.15, 0.2) is 0 Å². The number of likely N-dealkylation sites (tertiary alicyclic amines) is 1. The summed E-state index contributed by atoms with van der Waals surface area (Å²) < 4.78 is 0. The molecule has 0 amide bonds. The Labute approximate surface area is 95.2 Å². The maximum absolute atomic E-state index is 5.58. The van der Waals surface area contributed by atoms with Crippen molar-refractivity contribution in [1.29, 1.82) is 0 Å². The fourth-order valence-electron chi connectivity index (χ4n) is 2.68. The molecule has 0 aromatic rings. The van der Waals surface area contributed by atoms with Gasteiger partial charge in [-0.2, -0.15) is 0 Å². The van der Waals surface area contributed by atoms with E-state index >= 15 is 0 Å². The molecule has 0 spiro atoms. The Balaban J connectivity index is 2.14. The maximum Gasteiger partial charge on any atom is 0.000749 e. The Hall–Kier alpha value is -0.0800. The molecule has 0 aromatic heterocycles. The van der Waals surface area contributed by atoms with E-state index in [1.165, 1.54) is 51.7 Å². The summed E-state index contributed by atoms with van der Waals surface area (Å²) in [6.07, 6.45) is 6.81. The first-order chi connectivity index (χ1) is 7.26. The Bertz CT molecular complexity index is 151. The smallest absolute Gasteiger partial charge is 0.000749 e. The van der Waals surface area contributed by atoms with E-state index in [1.54, 1.807) is 0 Å². The average molecular weight is 212 g/mol. The third-order valence-electron chi connectivity index (χ3n) is 3.63. The highest BCUT2D eigenvalue weighted by atomic mass is 15.1. The van der Waals surface area contributed by atoms with Crippen LogP contribution in [0.4, 0.5) is 0 Å². The first-order valence-corrected chi connectivity index (χ1v) is 6.68. The van der Waals surface area contributed by atoms with Gasteiger partial charge in [0.25, 0.3) is 0 Å². The van der Waals surface area contributed by atoms with Gasteiger partial charge >= 0.3 is 0 Å². The zero-order valence-electron chi connectivity index (χ0n) is 10.5. The highest BCUT2D eigenvalue weighted by Crippen LogP contribution is 2.22. The van der Waals surface area contributed by atoms with Crippen molar-refractivity contribution in [3.8, 4) is 0 Å². The zero-order chi connectivity index (χ0) is 11.1. The molecule has 0 saturated carbocycles. The second-order valence-electron chi connectivity index (χ2n) is 5.22. The lowest BCUT2D eigenvalue weighted by Gasteiger charge is -2.33. The van der Waals surface area contributed by atoms with Gasteiger partial charge in [-0.25, -0.2) is 0 Å².